The number of hydrogen-bond donors (Lipinski definition) is 1. The molecule has 7 heteroatoms. The average molecular weight is 378 g/mol. The summed E-state index contributed by atoms with van der Waals surface area (Å²) < 4.78 is 13.2. The van der Waals surface area contributed by atoms with Gasteiger partial charge in [0.25, 0.3) is 11.8 Å². The standard InChI is InChI=1S/C18H13ClFNO3S/c19-13-3-1-2-4-14(13)21-17(23)15(11-5-7-12(20)8-6-11)16(18(21)24)25-10-9-22/h1-8,22H,9-10H2. The summed E-state index contributed by atoms with van der Waals surface area (Å²) >= 11 is 7.23. The highest BCUT2D eigenvalue weighted by Crippen LogP contribution is 2.40. The van der Waals surface area contributed by atoms with E-state index in [9.17, 15) is 14.0 Å². The molecule has 0 aromatic heterocycles. The molecule has 1 N–H and O–H groups in total. The van der Waals surface area contributed by atoms with Crippen molar-refractivity contribution in [3.8, 4) is 0 Å². The smallest absolute Gasteiger partial charge is 0.272 e. The Morgan fingerprint density at radius 3 is 2.36 bits per heavy atom. The van der Waals surface area contributed by atoms with Gasteiger partial charge in [0.05, 0.1) is 27.8 Å². The largest absolute Gasteiger partial charge is 0.396 e. The lowest BCUT2D eigenvalue weighted by Crippen LogP contribution is -2.31. The van der Waals surface area contributed by atoms with Gasteiger partial charge in [-0.15, -0.1) is 11.8 Å². The van der Waals surface area contributed by atoms with E-state index < -0.39 is 17.6 Å². The molecular weight excluding hydrogens is 365 g/mol. The van der Waals surface area contributed by atoms with Crippen LogP contribution >= 0.6 is 23.4 Å². The molecule has 0 radical (unpaired) electrons. The van der Waals surface area contributed by atoms with E-state index in [2.05, 4.69) is 0 Å². The Labute approximate surface area is 152 Å². The highest BCUT2D eigenvalue weighted by atomic mass is 35.5. The topological polar surface area (TPSA) is 57.6 Å². The van der Waals surface area contributed by atoms with Crippen LogP contribution in [0.5, 0.6) is 0 Å². The molecule has 0 fully saturated rings. The molecule has 0 bridgehead atoms. The van der Waals surface area contributed by atoms with E-state index in [1.807, 2.05) is 0 Å². The van der Waals surface area contributed by atoms with Crippen molar-refractivity contribution in [1.29, 1.82) is 0 Å². The van der Waals surface area contributed by atoms with Crippen LogP contribution in [-0.2, 0) is 9.59 Å². The zero-order valence-electron chi connectivity index (χ0n) is 12.9. The Balaban J connectivity index is 2.09. The number of rotatable bonds is 5. The third kappa shape index (κ3) is 3.33. The Bertz CT molecular complexity index is 867. The van der Waals surface area contributed by atoms with Crippen molar-refractivity contribution in [2.75, 3.05) is 17.3 Å². The molecule has 1 aliphatic heterocycles. The number of hydrogen-bond acceptors (Lipinski definition) is 4. The molecule has 0 saturated heterocycles. The van der Waals surface area contributed by atoms with Gasteiger partial charge in [-0.3, -0.25) is 9.59 Å². The summed E-state index contributed by atoms with van der Waals surface area (Å²) in [5, 5.41) is 9.35. The predicted molar refractivity (Wildman–Crippen MR) is 96.8 cm³/mol. The number of aliphatic hydroxyl groups is 1. The van der Waals surface area contributed by atoms with Gasteiger partial charge < -0.3 is 5.11 Å². The van der Waals surface area contributed by atoms with E-state index >= 15 is 0 Å². The summed E-state index contributed by atoms with van der Waals surface area (Å²) in [7, 11) is 0. The van der Waals surface area contributed by atoms with Crippen LogP contribution in [-0.4, -0.2) is 29.3 Å². The van der Waals surface area contributed by atoms with Crippen LogP contribution in [0.2, 0.25) is 5.02 Å². The average Bonchev–Trinajstić information content (AvgIpc) is 2.85. The van der Waals surface area contributed by atoms with Crippen molar-refractivity contribution < 1.29 is 19.1 Å². The predicted octanol–water partition coefficient (Wildman–Crippen LogP) is 3.49. The summed E-state index contributed by atoms with van der Waals surface area (Å²) in [5.74, 6) is -1.20. The monoisotopic (exact) mass is 377 g/mol. The van der Waals surface area contributed by atoms with Gasteiger partial charge >= 0.3 is 0 Å². The molecule has 0 aliphatic carbocycles. The summed E-state index contributed by atoms with van der Waals surface area (Å²) in [6, 6.07) is 11.9. The summed E-state index contributed by atoms with van der Waals surface area (Å²) in [6.45, 7) is -0.140. The Hall–Kier alpha value is -2.15. The van der Waals surface area contributed by atoms with Gasteiger partial charge in [0.2, 0.25) is 0 Å². The number of halogens is 2. The van der Waals surface area contributed by atoms with E-state index in [1.165, 1.54) is 24.3 Å². The van der Waals surface area contributed by atoms with Crippen molar-refractivity contribution in [2.24, 2.45) is 0 Å². The Kier molecular flexibility index (Phi) is 5.22. The second-order valence-electron chi connectivity index (χ2n) is 5.18. The van der Waals surface area contributed by atoms with Crippen LogP contribution < -0.4 is 4.90 Å². The maximum Gasteiger partial charge on any atom is 0.272 e. The molecule has 2 aromatic carbocycles. The lowest BCUT2D eigenvalue weighted by atomic mass is 10.1. The fourth-order valence-electron chi connectivity index (χ4n) is 2.51. The van der Waals surface area contributed by atoms with E-state index in [0.717, 1.165) is 16.7 Å². The first kappa shape index (κ1) is 17.7. The number of anilines is 1. The highest BCUT2D eigenvalue weighted by Gasteiger charge is 2.40. The van der Waals surface area contributed by atoms with Gasteiger partial charge in [0, 0.05) is 5.75 Å². The number of amides is 2. The van der Waals surface area contributed by atoms with Crippen molar-refractivity contribution in [3.05, 3.63) is 69.8 Å². The number of imide groups is 1. The minimum Gasteiger partial charge on any atom is -0.396 e. The van der Waals surface area contributed by atoms with Crippen LogP contribution in [0.3, 0.4) is 0 Å². The number of benzene rings is 2. The lowest BCUT2D eigenvalue weighted by molar-refractivity contribution is -0.119. The van der Waals surface area contributed by atoms with Crippen molar-refractivity contribution >= 4 is 46.4 Å². The second-order valence-corrected chi connectivity index (χ2v) is 6.69. The van der Waals surface area contributed by atoms with E-state index in [-0.39, 0.29) is 27.9 Å². The molecule has 1 heterocycles. The maximum absolute atomic E-state index is 13.2. The quantitative estimate of drug-likeness (QED) is 0.810. The highest BCUT2D eigenvalue weighted by molar-refractivity contribution is 8.04. The number of nitrogens with zero attached hydrogens (tertiary/aromatic N) is 1. The van der Waals surface area contributed by atoms with E-state index in [0.29, 0.717) is 11.3 Å². The minimum absolute atomic E-state index is 0.140. The zero-order chi connectivity index (χ0) is 18.0. The normalized spacial score (nSPS) is 14.6. The number of carbonyl (C=O) groups excluding carboxylic acids is 2. The summed E-state index contributed by atoms with van der Waals surface area (Å²) in [4.78, 5) is 27.0. The van der Waals surface area contributed by atoms with Gasteiger partial charge in [-0.2, -0.15) is 0 Å². The van der Waals surface area contributed by atoms with Crippen LogP contribution in [0.4, 0.5) is 10.1 Å². The number of thioether (sulfide) groups is 1. The molecule has 1 aliphatic rings. The van der Waals surface area contributed by atoms with Gasteiger partial charge in [0.1, 0.15) is 5.82 Å². The molecule has 0 unspecified atom stereocenters. The van der Waals surface area contributed by atoms with Crippen molar-refractivity contribution in [1.82, 2.24) is 0 Å². The first-order valence-corrected chi connectivity index (χ1v) is 8.78. The molecule has 0 atom stereocenters. The van der Waals surface area contributed by atoms with E-state index in [4.69, 9.17) is 16.7 Å². The molecule has 2 aromatic rings. The SMILES string of the molecule is O=C1C(SCCO)=C(c2ccc(F)cc2)C(=O)N1c1ccccc1Cl. The molecule has 128 valence electrons. The minimum atomic E-state index is -0.523. The van der Waals surface area contributed by atoms with Gasteiger partial charge in [-0.05, 0) is 29.8 Å². The van der Waals surface area contributed by atoms with Gasteiger partial charge in [-0.1, -0.05) is 35.9 Å². The molecule has 4 nitrogen and oxygen atoms in total. The molecule has 3 rings (SSSR count). The number of para-hydroxylation sites is 1. The third-order valence-corrected chi connectivity index (χ3v) is 4.98. The van der Waals surface area contributed by atoms with Gasteiger partial charge in [-0.25, -0.2) is 9.29 Å². The van der Waals surface area contributed by atoms with E-state index in [1.54, 1.807) is 24.3 Å². The Morgan fingerprint density at radius 2 is 1.72 bits per heavy atom. The summed E-state index contributed by atoms with van der Waals surface area (Å²) in [5.41, 5.74) is 0.913. The molecule has 0 spiro atoms. The summed E-state index contributed by atoms with van der Waals surface area (Å²) in [6.07, 6.45) is 0. The Morgan fingerprint density at radius 1 is 1.04 bits per heavy atom. The van der Waals surface area contributed by atoms with Crippen LogP contribution in [0, 0.1) is 5.82 Å². The molecule has 25 heavy (non-hydrogen) atoms. The zero-order valence-corrected chi connectivity index (χ0v) is 14.5. The second kappa shape index (κ2) is 7.39. The molecule has 0 saturated carbocycles. The van der Waals surface area contributed by atoms with Crippen molar-refractivity contribution in [2.45, 2.75) is 0 Å². The van der Waals surface area contributed by atoms with Crippen molar-refractivity contribution in [3.63, 3.8) is 0 Å². The molecule has 2 amide bonds. The van der Waals surface area contributed by atoms with Crippen LogP contribution in [0.25, 0.3) is 5.57 Å². The maximum atomic E-state index is 13.2. The third-order valence-electron chi connectivity index (χ3n) is 3.61. The van der Waals surface area contributed by atoms with Gasteiger partial charge in [0.15, 0.2) is 0 Å². The number of aliphatic hydroxyl groups excluding tert-OH is 1. The van der Waals surface area contributed by atoms with Crippen LogP contribution in [0.1, 0.15) is 5.56 Å². The lowest BCUT2D eigenvalue weighted by Gasteiger charge is -2.16. The molecular formula is C18H13ClFNO3S. The fraction of sp³-hybridized carbons (Fsp3) is 0.111. The first-order valence-electron chi connectivity index (χ1n) is 7.41. The first-order chi connectivity index (χ1) is 12.0. The van der Waals surface area contributed by atoms with Crippen LogP contribution in [0.15, 0.2) is 53.4 Å². The number of carbonyl (C=O) groups is 2. The fourth-order valence-corrected chi connectivity index (χ4v) is 3.59.